The Labute approximate surface area is 163 Å². The molecule has 0 aliphatic heterocycles. The van der Waals surface area contributed by atoms with Crippen LogP contribution in [-0.2, 0) is 9.53 Å². The van der Waals surface area contributed by atoms with Crippen molar-refractivity contribution in [3.8, 4) is 11.8 Å². The first-order valence-corrected chi connectivity index (χ1v) is 10.1. The molecule has 0 saturated heterocycles. The quantitative estimate of drug-likeness (QED) is 0.648. The zero-order chi connectivity index (χ0) is 19.7. The van der Waals surface area contributed by atoms with Crippen LogP contribution in [0.3, 0.4) is 0 Å². The van der Waals surface area contributed by atoms with E-state index in [9.17, 15) is 10.1 Å². The number of hydrogen-bond acceptors (Lipinski definition) is 4. The summed E-state index contributed by atoms with van der Waals surface area (Å²) < 4.78 is 11.8. The number of nitrogens with zero attached hydrogens (tertiary/aromatic N) is 1. The fraction of sp³-hybridized carbons (Fsp3) is 0.636. The number of rotatable bonds is 8. The van der Waals surface area contributed by atoms with E-state index in [-0.39, 0.29) is 5.91 Å². The molecule has 1 aromatic carbocycles. The van der Waals surface area contributed by atoms with Gasteiger partial charge in [0.05, 0.1) is 17.9 Å². The Balaban J connectivity index is 2.17. The highest BCUT2D eigenvalue weighted by Gasteiger charge is 2.39. The Morgan fingerprint density at radius 2 is 1.96 bits per heavy atom. The summed E-state index contributed by atoms with van der Waals surface area (Å²) in [4.78, 5) is 13.1. The second-order valence-electron chi connectivity index (χ2n) is 7.74. The van der Waals surface area contributed by atoms with Gasteiger partial charge in [0.25, 0.3) is 5.91 Å². The van der Waals surface area contributed by atoms with Gasteiger partial charge in [-0.1, -0.05) is 46.5 Å². The van der Waals surface area contributed by atoms with Crippen LogP contribution in [0.25, 0.3) is 0 Å². The van der Waals surface area contributed by atoms with Crippen LogP contribution in [-0.4, -0.2) is 24.7 Å². The highest BCUT2D eigenvalue weighted by molar-refractivity contribution is 5.98. The predicted molar refractivity (Wildman–Crippen MR) is 107 cm³/mol. The van der Waals surface area contributed by atoms with Crippen molar-refractivity contribution in [2.75, 3.05) is 18.5 Å². The van der Waals surface area contributed by atoms with Gasteiger partial charge >= 0.3 is 0 Å². The Morgan fingerprint density at radius 1 is 1.26 bits per heavy atom. The van der Waals surface area contributed by atoms with E-state index in [2.05, 4.69) is 25.2 Å². The summed E-state index contributed by atoms with van der Waals surface area (Å²) in [5.41, 5.74) is 0.137. The zero-order valence-electron chi connectivity index (χ0n) is 16.8. The normalized spacial score (nSPS) is 16.4. The Hall–Kier alpha value is -2.06. The molecule has 1 amide bonds. The molecule has 0 unspecified atom stereocenters. The summed E-state index contributed by atoms with van der Waals surface area (Å²) in [6.45, 7) is 7.35. The fourth-order valence-corrected chi connectivity index (χ4v) is 3.35. The van der Waals surface area contributed by atoms with Crippen LogP contribution in [0.15, 0.2) is 18.2 Å². The highest BCUT2D eigenvalue weighted by Crippen LogP contribution is 2.33. The van der Waals surface area contributed by atoms with E-state index in [1.54, 1.807) is 18.2 Å². The first kappa shape index (κ1) is 21.2. The van der Waals surface area contributed by atoms with Gasteiger partial charge in [-0.2, -0.15) is 5.26 Å². The van der Waals surface area contributed by atoms with Crippen LogP contribution in [0.2, 0.25) is 0 Å². The van der Waals surface area contributed by atoms with Gasteiger partial charge in [-0.3, -0.25) is 4.79 Å². The molecule has 1 fully saturated rings. The van der Waals surface area contributed by atoms with Gasteiger partial charge in [0.1, 0.15) is 17.4 Å². The van der Waals surface area contributed by atoms with Crippen molar-refractivity contribution in [2.24, 2.45) is 5.92 Å². The van der Waals surface area contributed by atoms with E-state index in [0.717, 1.165) is 44.9 Å². The smallest absolute Gasteiger partial charge is 0.256 e. The number of carbonyl (C=O) groups excluding carboxylic acids is 1. The summed E-state index contributed by atoms with van der Waals surface area (Å²) in [5.74, 6) is 0.913. The van der Waals surface area contributed by atoms with Gasteiger partial charge in [-0.25, -0.2) is 0 Å². The summed E-state index contributed by atoms with van der Waals surface area (Å²) in [7, 11) is 0. The number of carbonyl (C=O) groups is 1. The van der Waals surface area contributed by atoms with Crippen LogP contribution in [0.5, 0.6) is 5.75 Å². The molecule has 0 aromatic heterocycles. The van der Waals surface area contributed by atoms with Gasteiger partial charge in [0.2, 0.25) is 0 Å². The maximum Gasteiger partial charge on any atom is 0.256 e. The fourth-order valence-electron chi connectivity index (χ4n) is 3.35. The largest absolute Gasteiger partial charge is 0.493 e. The van der Waals surface area contributed by atoms with Crippen molar-refractivity contribution in [1.82, 2.24) is 0 Å². The van der Waals surface area contributed by atoms with E-state index in [1.165, 1.54) is 0 Å². The van der Waals surface area contributed by atoms with Gasteiger partial charge < -0.3 is 14.8 Å². The molecule has 0 atom stereocenters. The van der Waals surface area contributed by atoms with Crippen molar-refractivity contribution in [2.45, 2.75) is 71.3 Å². The topological polar surface area (TPSA) is 71.3 Å². The van der Waals surface area contributed by atoms with Gasteiger partial charge in [-0.15, -0.1) is 0 Å². The molecule has 0 radical (unpaired) electrons. The van der Waals surface area contributed by atoms with Crippen LogP contribution >= 0.6 is 0 Å². The maximum atomic E-state index is 13.1. The molecule has 148 valence electrons. The molecule has 0 bridgehead atoms. The lowest BCUT2D eigenvalue weighted by Gasteiger charge is -2.31. The molecule has 2 rings (SSSR count). The molecule has 27 heavy (non-hydrogen) atoms. The molecule has 1 aliphatic carbocycles. The third kappa shape index (κ3) is 5.97. The van der Waals surface area contributed by atoms with Crippen molar-refractivity contribution in [1.29, 1.82) is 5.26 Å². The average Bonchev–Trinajstić information content (AvgIpc) is 2.92. The van der Waals surface area contributed by atoms with Crippen LogP contribution in [0, 0.1) is 17.2 Å². The Morgan fingerprint density at radius 3 is 2.56 bits per heavy atom. The predicted octanol–water partition coefficient (Wildman–Crippen LogP) is 5.05. The summed E-state index contributed by atoms with van der Waals surface area (Å²) in [6.07, 6.45) is 6.59. The van der Waals surface area contributed by atoms with Gasteiger partial charge in [-0.05, 0) is 43.4 Å². The number of nitriles is 1. The minimum Gasteiger partial charge on any atom is -0.493 e. The van der Waals surface area contributed by atoms with E-state index >= 15 is 0 Å². The molecule has 1 aliphatic rings. The molecule has 1 saturated carbocycles. The minimum absolute atomic E-state index is 0.134. The molecular formula is C22H32N2O3. The van der Waals surface area contributed by atoms with Crippen LogP contribution in [0.1, 0.15) is 71.3 Å². The summed E-state index contributed by atoms with van der Waals surface area (Å²) >= 11 is 0. The molecule has 5 nitrogen and oxygen atoms in total. The molecule has 0 heterocycles. The highest BCUT2D eigenvalue weighted by atomic mass is 16.5. The Bertz CT molecular complexity index is 656. The lowest BCUT2D eigenvalue weighted by molar-refractivity contribution is -0.143. The number of ether oxygens (including phenoxy) is 2. The van der Waals surface area contributed by atoms with E-state index in [4.69, 9.17) is 9.47 Å². The average molecular weight is 373 g/mol. The number of nitrogens with one attached hydrogen (secondary N) is 1. The third-order valence-corrected chi connectivity index (χ3v) is 4.85. The standard InChI is InChI=1S/C22H32N2O3/c1-4-13-27-22(11-7-5-6-8-12-22)21(25)24-20-10-9-19(14-18(20)15-23)26-16-17(2)3/h9-10,14,17H,4-8,11-13,16H2,1-3H3,(H,24,25). The lowest BCUT2D eigenvalue weighted by atomic mass is 9.92. The van der Waals surface area contributed by atoms with Crippen LogP contribution < -0.4 is 10.1 Å². The van der Waals surface area contributed by atoms with E-state index < -0.39 is 5.60 Å². The van der Waals surface area contributed by atoms with Gasteiger partial charge in [0.15, 0.2) is 0 Å². The van der Waals surface area contributed by atoms with Gasteiger partial charge in [0, 0.05) is 6.61 Å². The number of anilines is 1. The number of amides is 1. The third-order valence-electron chi connectivity index (χ3n) is 4.85. The first-order chi connectivity index (χ1) is 13.0. The first-order valence-electron chi connectivity index (χ1n) is 10.1. The minimum atomic E-state index is -0.786. The monoisotopic (exact) mass is 372 g/mol. The van der Waals surface area contributed by atoms with Crippen molar-refractivity contribution >= 4 is 11.6 Å². The zero-order valence-corrected chi connectivity index (χ0v) is 16.8. The number of benzene rings is 1. The summed E-state index contributed by atoms with van der Waals surface area (Å²) in [5, 5.41) is 12.5. The number of hydrogen-bond donors (Lipinski definition) is 1. The van der Waals surface area contributed by atoms with Crippen LogP contribution in [0.4, 0.5) is 5.69 Å². The molecule has 1 aromatic rings. The lowest BCUT2D eigenvalue weighted by Crippen LogP contribution is -2.45. The van der Waals surface area contributed by atoms with Crippen molar-refractivity contribution < 1.29 is 14.3 Å². The van der Waals surface area contributed by atoms with E-state index in [0.29, 0.717) is 36.1 Å². The second kappa shape index (κ2) is 10.3. The SMILES string of the molecule is CCCOC1(C(=O)Nc2ccc(OCC(C)C)cc2C#N)CCCCCC1. The molecular weight excluding hydrogens is 340 g/mol. The second-order valence-corrected chi connectivity index (χ2v) is 7.74. The Kier molecular flexibility index (Phi) is 8.12. The van der Waals surface area contributed by atoms with Crippen molar-refractivity contribution in [3.63, 3.8) is 0 Å². The van der Waals surface area contributed by atoms with Crippen molar-refractivity contribution in [3.05, 3.63) is 23.8 Å². The molecule has 0 spiro atoms. The summed E-state index contributed by atoms with van der Waals surface area (Å²) in [6, 6.07) is 7.39. The molecule has 5 heteroatoms. The van der Waals surface area contributed by atoms with E-state index in [1.807, 2.05) is 6.92 Å². The molecule has 1 N–H and O–H groups in total. The maximum absolute atomic E-state index is 13.1.